The second-order valence-corrected chi connectivity index (χ2v) is 6.48. The Morgan fingerprint density at radius 2 is 2.14 bits per heavy atom. The average molecular weight is 299 g/mol. The topological polar surface area (TPSA) is 39.6 Å². The van der Waals surface area contributed by atoms with E-state index in [1.165, 1.54) is 17.4 Å². The van der Waals surface area contributed by atoms with Crippen molar-refractivity contribution in [3.05, 3.63) is 35.9 Å². The van der Waals surface area contributed by atoms with Crippen LogP contribution in [0.25, 0.3) is 10.9 Å². The van der Waals surface area contributed by atoms with Crippen LogP contribution in [-0.2, 0) is 6.54 Å². The maximum atomic E-state index is 9.41. The molecule has 4 heteroatoms. The summed E-state index contributed by atoms with van der Waals surface area (Å²) in [5, 5.41) is 10.6. The van der Waals surface area contributed by atoms with E-state index in [2.05, 4.69) is 34.1 Å². The number of pyridine rings is 1. The summed E-state index contributed by atoms with van der Waals surface area (Å²) in [6, 6.07) is 10.5. The number of piperidine rings is 1. The highest BCUT2D eigenvalue weighted by Crippen LogP contribution is 2.25. The summed E-state index contributed by atoms with van der Waals surface area (Å²) in [5.74, 6) is 1.47. The SMILES string of the molecule is CN(C)c1nc2ccccc2cc1CN1CCCC(CO)C1. The van der Waals surface area contributed by atoms with Crippen LogP contribution in [0.3, 0.4) is 0 Å². The normalized spacial score (nSPS) is 19.5. The Morgan fingerprint density at radius 1 is 1.32 bits per heavy atom. The first kappa shape index (κ1) is 15.3. The van der Waals surface area contributed by atoms with Crippen LogP contribution in [0.5, 0.6) is 0 Å². The third-order valence-corrected chi connectivity index (χ3v) is 4.46. The van der Waals surface area contributed by atoms with Crippen molar-refractivity contribution in [1.29, 1.82) is 0 Å². The lowest BCUT2D eigenvalue weighted by atomic mass is 9.98. The van der Waals surface area contributed by atoms with Crippen LogP contribution < -0.4 is 4.90 Å². The first-order chi connectivity index (χ1) is 10.7. The van der Waals surface area contributed by atoms with Crippen molar-refractivity contribution >= 4 is 16.7 Å². The summed E-state index contributed by atoms with van der Waals surface area (Å²) in [5.41, 5.74) is 2.31. The Balaban J connectivity index is 1.89. The summed E-state index contributed by atoms with van der Waals surface area (Å²) in [7, 11) is 4.10. The maximum Gasteiger partial charge on any atom is 0.133 e. The Labute approximate surface area is 132 Å². The number of benzene rings is 1. The second kappa shape index (κ2) is 6.63. The number of anilines is 1. The molecule has 1 unspecified atom stereocenters. The number of hydrogen-bond acceptors (Lipinski definition) is 4. The molecule has 1 N–H and O–H groups in total. The van der Waals surface area contributed by atoms with Crippen molar-refractivity contribution in [2.24, 2.45) is 5.92 Å². The molecule has 1 aromatic heterocycles. The second-order valence-electron chi connectivity index (χ2n) is 6.48. The number of aliphatic hydroxyl groups excluding tert-OH is 1. The highest BCUT2D eigenvalue weighted by molar-refractivity contribution is 5.81. The minimum atomic E-state index is 0.299. The lowest BCUT2D eigenvalue weighted by Gasteiger charge is -2.32. The van der Waals surface area contributed by atoms with E-state index in [-0.39, 0.29) is 0 Å². The first-order valence-corrected chi connectivity index (χ1v) is 8.06. The number of aromatic nitrogens is 1. The van der Waals surface area contributed by atoms with Crippen LogP contribution in [0.1, 0.15) is 18.4 Å². The molecule has 22 heavy (non-hydrogen) atoms. The van der Waals surface area contributed by atoms with E-state index < -0.39 is 0 Å². The number of rotatable bonds is 4. The number of aliphatic hydroxyl groups is 1. The molecule has 3 rings (SSSR count). The molecule has 0 aliphatic carbocycles. The monoisotopic (exact) mass is 299 g/mol. The van der Waals surface area contributed by atoms with E-state index in [1.54, 1.807) is 0 Å². The van der Waals surface area contributed by atoms with Gasteiger partial charge in [-0.1, -0.05) is 18.2 Å². The Hall–Kier alpha value is -1.65. The fourth-order valence-electron chi connectivity index (χ4n) is 3.34. The maximum absolute atomic E-state index is 9.41. The van der Waals surface area contributed by atoms with Gasteiger partial charge >= 0.3 is 0 Å². The molecule has 4 nitrogen and oxygen atoms in total. The summed E-state index contributed by atoms with van der Waals surface area (Å²) in [6.45, 7) is 3.29. The van der Waals surface area contributed by atoms with Gasteiger partial charge in [0.2, 0.25) is 0 Å². The van der Waals surface area contributed by atoms with E-state index in [0.29, 0.717) is 12.5 Å². The molecule has 0 bridgehead atoms. The quantitative estimate of drug-likeness (QED) is 0.941. The summed E-state index contributed by atoms with van der Waals surface area (Å²) in [4.78, 5) is 9.37. The van der Waals surface area contributed by atoms with Crippen LogP contribution in [-0.4, -0.2) is 48.8 Å². The van der Waals surface area contributed by atoms with Crippen LogP contribution in [0.4, 0.5) is 5.82 Å². The van der Waals surface area contributed by atoms with Crippen molar-refractivity contribution in [2.45, 2.75) is 19.4 Å². The number of hydrogen-bond donors (Lipinski definition) is 1. The molecule has 1 aromatic carbocycles. The highest BCUT2D eigenvalue weighted by Gasteiger charge is 2.21. The number of para-hydroxylation sites is 1. The van der Waals surface area contributed by atoms with Gasteiger partial charge in [-0.2, -0.15) is 0 Å². The molecule has 1 fully saturated rings. The van der Waals surface area contributed by atoms with Crippen molar-refractivity contribution in [2.75, 3.05) is 38.7 Å². The number of nitrogens with zero attached hydrogens (tertiary/aromatic N) is 3. The third-order valence-electron chi connectivity index (χ3n) is 4.46. The van der Waals surface area contributed by atoms with Gasteiger partial charge in [-0.05, 0) is 37.4 Å². The Kier molecular flexibility index (Phi) is 4.60. The van der Waals surface area contributed by atoms with Gasteiger partial charge in [-0.25, -0.2) is 4.98 Å². The summed E-state index contributed by atoms with van der Waals surface area (Å²) >= 11 is 0. The van der Waals surface area contributed by atoms with E-state index in [1.807, 2.05) is 20.2 Å². The van der Waals surface area contributed by atoms with Gasteiger partial charge in [0, 0.05) is 44.7 Å². The predicted octanol–water partition coefficient (Wildman–Crippen LogP) is 2.51. The van der Waals surface area contributed by atoms with Gasteiger partial charge in [0.25, 0.3) is 0 Å². The minimum absolute atomic E-state index is 0.299. The molecule has 0 spiro atoms. The molecule has 2 heterocycles. The average Bonchev–Trinajstić information content (AvgIpc) is 2.54. The zero-order valence-corrected chi connectivity index (χ0v) is 13.5. The van der Waals surface area contributed by atoms with Gasteiger partial charge in [0.15, 0.2) is 0 Å². The molecule has 1 atom stereocenters. The smallest absolute Gasteiger partial charge is 0.133 e. The summed E-state index contributed by atoms with van der Waals surface area (Å²) < 4.78 is 0. The van der Waals surface area contributed by atoms with Crippen LogP contribution in [0, 0.1) is 5.92 Å². The molecule has 1 aliphatic rings. The standard InChI is InChI=1S/C18H25N3O/c1-20(2)18-16(10-15-7-3-4-8-17(15)19-18)12-21-9-5-6-14(11-21)13-22/h3-4,7-8,10,14,22H,5-6,9,11-13H2,1-2H3. The van der Waals surface area contributed by atoms with Crippen molar-refractivity contribution in [3.63, 3.8) is 0 Å². The molecular formula is C18H25N3O. The summed E-state index contributed by atoms with van der Waals surface area (Å²) in [6.07, 6.45) is 2.31. The zero-order valence-electron chi connectivity index (χ0n) is 13.5. The van der Waals surface area contributed by atoms with Gasteiger partial charge in [-0.3, -0.25) is 4.90 Å². The highest BCUT2D eigenvalue weighted by atomic mass is 16.3. The third kappa shape index (κ3) is 3.23. The predicted molar refractivity (Wildman–Crippen MR) is 91.2 cm³/mol. The molecule has 0 amide bonds. The zero-order chi connectivity index (χ0) is 15.5. The van der Waals surface area contributed by atoms with E-state index in [0.717, 1.165) is 37.4 Å². The van der Waals surface area contributed by atoms with Gasteiger partial charge in [0.1, 0.15) is 5.82 Å². The van der Waals surface area contributed by atoms with Crippen LogP contribution in [0.15, 0.2) is 30.3 Å². The Morgan fingerprint density at radius 3 is 2.91 bits per heavy atom. The largest absolute Gasteiger partial charge is 0.396 e. The van der Waals surface area contributed by atoms with Crippen LogP contribution in [0.2, 0.25) is 0 Å². The van der Waals surface area contributed by atoms with Crippen molar-refractivity contribution < 1.29 is 5.11 Å². The lowest BCUT2D eigenvalue weighted by molar-refractivity contribution is 0.116. The Bertz CT molecular complexity index is 641. The molecular weight excluding hydrogens is 274 g/mol. The van der Waals surface area contributed by atoms with Gasteiger partial charge < -0.3 is 10.0 Å². The first-order valence-electron chi connectivity index (χ1n) is 8.06. The molecule has 118 valence electrons. The van der Waals surface area contributed by atoms with Gasteiger partial charge in [-0.15, -0.1) is 0 Å². The van der Waals surface area contributed by atoms with Crippen LogP contribution >= 0.6 is 0 Å². The number of likely N-dealkylation sites (tertiary alicyclic amines) is 1. The molecule has 0 radical (unpaired) electrons. The lowest BCUT2D eigenvalue weighted by Crippen LogP contribution is -2.36. The molecule has 2 aromatic rings. The molecule has 1 aliphatic heterocycles. The number of fused-ring (bicyclic) bond motifs is 1. The fourth-order valence-corrected chi connectivity index (χ4v) is 3.34. The fraction of sp³-hybridized carbons (Fsp3) is 0.500. The molecule has 1 saturated heterocycles. The van der Waals surface area contributed by atoms with E-state index >= 15 is 0 Å². The van der Waals surface area contributed by atoms with Crippen molar-refractivity contribution in [3.8, 4) is 0 Å². The van der Waals surface area contributed by atoms with E-state index in [4.69, 9.17) is 4.98 Å². The minimum Gasteiger partial charge on any atom is -0.396 e. The molecule has 0 saturated carbocycles. The van der Waals surface area contributed by atoms with Crippen molar-refractivity contribution in [1.82, 2.24) is 9.88 Å². The van der Waals surface area contributed by atoms with Gasteiger partial charge in [0.05, 0.1) is 5.52 Å². The van der Waals surface area contributed by atoms with E-state index in [9.17, 15) is 5.11 Å².